The number of hydroxylamine groups is 2. The zero-order valence-electron chi connectivity index (χ0n) is 29.2. The summed E-state index contributed by atoms with van der Waals surface area (Å²) in [5.74, 6) is 1.47. The summed E-state index contributed by atoms with van der Waals surface area (Å²) in [5, 5.41) is 5.32. The van der Waals surface area contributed by atoms with Crippen molar-refractivity contribution in [3.63, 3.8) is 0 Å². The number of ether oxygens (including phenoxy) is 1. The standard InChI is InChI=1S/C44H41N3O5/c48-39-17-18-40(49)47(39)52-44(50)28-15-11-26(12-16-28)25-9-13-27(14-10-25)41-42-33(20-30-6-2-4-8-36(30)46-42)23-34-22-32-21-31-19-29-5-1-3-7-35(29)45-37(31)24-38(32)51-43(34)41/h9-16,21-24,29-30,35-36,45H,1-8,17-20H2/p+1. The highest BCUT2D eigenvalue weighted by Crippen LogP contribution is 2.41. The molecule has 0 aromatic heterocycles. The van der Waals surface area contributed by atoms with E-state index in [0.717, 1.165) is 63.1 Å². The quantitative estimate of drug-likeness (QED) is 0.178. The number of nitrogens with zero attached hydrogens (tertiary/aromatic N) is 2. The third-order valence-electron chi connectivity index (χ3n) is 12.5. The zero-order chi connectivity index (χ0) is 34.9. The first-order valence-electron chi connectivity index (χ1n) is 19.2. The van der Waals surface area contributed by atoms with Crippen molar-refractivity contribution in [3.05, 3.63) is 99.6 Å². The fourth-order valence-electron chi connectivity index (χ4n) is 9.68. The molecule has 4 aromatic rings. The monoisotopic (exact) mass is 692 g/mol. The number of fused-ring (bicyclic) bond motifs is 6. The summed E-state index contributed by atoms with van der Waals surface area (Å²) < 4.78 is 6.98. The molecule has 1 saturated heterocycles. The van der Waals surface area contributed by atoms with E-state index in [2.05, 4.69) is 53.9 Å². The first-order valence-corrected chi connectivity index (χ1v) is 19.2. The lowest BCUT2D eigenvalue weighted by Gasteiger charge is -2.35. The van der Waals surface area contributed by atoms with E-state index in [9.17, 15) is 14.4 Å². The lowest BCUT2D eigenvalue weighted by atomic mass is 9.77. The molecule has 2 amide bonds. The molecular weight excluding hydrogens is 650 g/mol. The third kappa shape index (κ3) is 5.46. The second kappa shape index (κ2) is 12.6. The van der Waals surface area contributed by atoms with Crippen molar-refractivity contribution in [1.29, 1.82) is 0 Å². The van der Waals surface area contributed by atoms with Crippen molar-refractivity contribution in [2.75, 3.05) is 0 Å². The van der Waals surface area contributed by atoms with E-state index in [-0.39, 0.29) is 18.4 Å². The Morgan fingerprint density at radius 2 is 1.44 bits per heavy atom. The molecule has 3 fully saturated rings. The molecule has 6 aliphatic rings. The molecule has 2 saturated carbocycles. The molecule has 10 rings (SSSR count). The number of nitrogens with two attached hydrogens (primary N) is 1. The highest BCUT2D eigenvalue weighted by atomic mass is 16.7. The summed E-state index contributed by atoms with van der Waals surface area (Å²) in [5.41, 5.74) is 9.63. The van der Waals surface area contributed by atoms with Gasteiger partial charge < -0.3 is 14.9 Å². The highest BCUT2D eigenvalue weighted by molar-refractivity contribution is 6.02. The minimum absolute atomic E-state index is 0.0593. The van der Waals surface area contributed by atoms with Gasteiger partial charge in [0.25, 0.3) is 11.8 Å². The number of hydrogen-bond acceptors (Lipinski definition) is 6. The van der Waals surface area contributed by atoms with Gasteiger partial charge in [0.1, 0.15) is 17.2 Å². The zero-order valence-corrected chi connectivity index (χ0v) is 29.2. The van der Waals surface area contributed by atoms with Crippen LogP contribution in [0.5, 0.6) is 11.5 Å². The fraction of sp³-hybridized carbons (Fsp3) is 0.364. The Bertz CT molecular complexity index is 2260. The molecule has 52 heavy (non-hydrogen) atoms. The Morgan fingerprint density at radius 3 is 2.23 bits per heavy atom. The van der Waals surface area contributed by atoms with Gasteiger partial charge in [0.2, 0.25) is 0 Å². The maximum atomic E-state index is 12.7. The van der Waals surface area contributed by atoms with Crippen LogP contribution >= 0.6 is 0 Å². The Hall–Kier alpha value is -5.08. The van der Waals surface area contributed by atoms with Gasteiger partial charge >= 0.3 is 5.97 Å². The first kappa shape index (κ1) is 31.6. The van der Waals surface area contributed by atoms with Crippen LogP contribution in [-0.4, -0.2) is 34.9 Å². The summed E-state index contributed by atoms with van der Waals surface area (Å²) in [4.78, 5) is 47.1. The number of amides is 2. The molecule has 4 aromatic carbocycles. The molecule has 8 heteroatoms. The number of rotatable bonds is 4. The summed E-state index contributed by atoms with van der Waals surface area (Å²) in [6.45, 7) is 0. The van der Waals surface area contributed by atoms with E-state index in [1.807, 2.05) is 12.1 Å². The van der Waals surface area contributed by atoms with E-state index in [1.165, 1.54) is 73.7 Å². The van der Waals surface area contributed by atoms with E-state index in [0.29, 0.717) is 23.1 Å². The van der Waals surface area contributed by atoms with E-state index >= 15 is 0 Å². The molecule has 2 aliphatic carbocycles. The average Bonchev–Trinajstić information content (AvgIpc) is 3.49. The molecule has 2 N–H and O–H groups in total. The number of carbonyl (C=O) groups excluding carboxylic acids is 3. The molecule has 8 nitrogen and oxygen atoms in total. The van der Waals surface area contributed by atoms with Crippen molar-refractivity contribution in [2.45, 2.75) is 89.1 Å². The van der Waals surface area contributed by atoms with Crippen LogP contribution in [0.3, 0.4) is 0 Å². The van der Waals surface area contributed by atoms with Crippen LogP contribution in [0, 0.1) is 11.8 Å². The number of quaternary nitrogens is 1. The van der Waals surface area contributed by atoms with Crippen LogP contribution in [0.4, 0.5) is 5.69 Å². The van der Waals surface area contributed by atoms with Gasteiger partial charge in [-0.15, -0.1) is 5.06 Å². The minimum atomic E-state index is -0.733. The van der Waals surface area contributed by atoms with Gasteiger partial charge in [0.15, 0.2) is 0 Å². The fourth-order valence-corrected chi connectivity index (χ4v) is 9.68. The van der Waals surface area contributed by atoms with Crippen LogP contribution in [0.25, 0.3) is 28.3 Å². The summed E-state index contributed by atoms with van der Waals surface area (Å²) in [6, 6.07) is 23.6. The lowest BCUT2D eigenvalue weighted by molar-refractivity contribution is -0.627. The summed E-state index contributed by atoms with van der Waals surface area (Å²) in [6.07, 6.45) is 14.9. The molecule has 0 spiro atoms. The Kier molecular flexibility index (Phi) is 7.64. The van der Waals surface area contributed by atoms with E-state index < -0.39 is 17.8 Å². The molecular formula is C44H42N3O5+. The number of benzene rings is 4. The average molecular weight is 693 g/mol. The van der Waals surface area contributed by atoms with E-state index in [1.54, 1.807) is 12.1 Å². The topological polar surface area (TPSA) is 102 Å². The van der Waals surface area contributed by atoms with Gasteiger partial charge in [0.05, 0.1) is 28.6 Å². The summed E-state index contributed by atoms with van der Waals surface area (Å²) >= 11 is 0. The molecule has 0 radical (unpaired) electrons. The molecule has 0 bridgehead atoms. The van der Waals surface area contributed by atoms with Crippen molar-refractivity contribution >= 4 is 29.5 Å². The lowest BCUT2D eigenvalue weighted by Crippen LogP contribution is -2.88. The van der Waals surface area contributed by atoms with Crippen LogP contribution < -0.4 is 20.6 Å². The predicted octanol–water partition coefficient (Wildman–Crippen LogP) is 6.22. The first-order chi connectivity index (χ1) is 25.4. The van der Waals surface area contributed by atoms with Crippen molar-refractivity contribution in [3.8, 4) is 33.8 Å². The molecule has 4 unspecified atom stereocenters. The number of carbonyl (C=O) groups is 3. The van der Waals surface area contributed by atoms with Crippen molar-refractivity contribution in [2.24, 2.45) is 16.8 Å². The summed E-state index contributed by atoms with van der Waals surface area (Å²) in [7, 11) is 0. The molecule has 4 aliphatic heterocycles. The smallest absolute Gasteiger partial charge is 0.363 e. The van der Waals surface area contributed by atoms with Gasteiger partial charge in [-0.25, -0.2) is 4.79 Å². The normalized spacial score (nSPS) is 24.1. The Balaban J connectivity index is 1.00. The van der Waals surface area contributed by atoms with Crippen molar-refractivity contribution in [1.82, 2.24) is 5.06 Å². The Labute approximate surface area is 302 Å². The molecule has 262 valence electrons. The van der Waals surface area contributed by atoms with Gasteiger partial charge in [-0.3, -0.25) is 14.6 Å². The van der Waals surface area contributed by atoms with Crippen LogP contribution in [0.2, 0.25) is 0 Å². The maximum absolute atomic E-state index is 12.7. The Morgan fingerprint density at radius 1 is 0.769 bits per heavy atom. The second-order valence-corrected chi connectivity index (χ2v) is 15.7. The number of hydrogen-bond donors (Lipinski definition) is 1. The second-order valence-electron chi connectivity index (χ2n) is 15.7. The number of imide groups is 1. The van der Waals surface area contributed by atoms with Gasteiger partial charge in [-0.2, -0.15) is 0 Å². The SMILES string of the molecule is O=C(ON1C(=O)CCC1=O)c1ccc(-c2ccc(-c3c4c(cc5c3=NC3CCCCC3C5)=Cc3cc5c(cc3O4)[NH2+]C3CCCCC3C5)cc2)cc1. The minimum Gasteiger partial charge on any atom is -0.455 e. The van der Waals surface area contributed by atoms with Crippen LogP contribution in [-0.2, 0) is 27.3 Å². The van der Waals surface area contributed by atoms with Gasteiger partial charge in [0, 0.05) is 41.2 Å². The molecule has 4 heterocycles. The largest absolute Gasteiger partial charge is 0.455 e. The van der Waals surface area contributed by atoms with Crippen LogP contribution in [0.1, 0.15) is 91.3 Å². The highest BCUT2D eigenvalue weighted by Gasteiger charge is 2.36. The van der Waals surface area contributed by atoms with Gasteiger partial charge in [-0.1, -0.05) is 55.7 Å². The third-order valence-corrected chi connectivity index (χ3v) is 12.5. The van der Waals surface area contributed by atoms with E-state index in [4.69, 9.17) is 14.6 Å². The van der Waals surface area contributed by atoms with Crippen LogP contribution in [0.15, 0.2) is 71.7 Å². The predicted molar refractivity (Wildman–Crippen MR) is 195 cm³/mol. The maximum Gasteiger partial charge on any atom is 0.363 e. The van der Waals surface area contributed by atoms with Crippen molar-refractivity contribution < 1.29 is 29.3 Å². The molecule has 4 atom stereocenters. The van der Waals surface area contributed by atoms with Gasteiger partial charge in [-0.05, 0) is 103 Å².